The summed E-state index contributed by atoms with van der Waals surface area (Å²) in [4.78, 5) is 17.0. The lowest BCUT2D eigenvalue weighted by Gasteiger charge is -2.49. The van der Waals surface area contributed by atoms with E-state index in [-0.39, 0.29) is 5.97 Å². The highest BCUT2D eigenvalue weighted by Crippen LogP contribution is 2.44. The molecule has 0 saturated carbocycles. The van der Waals surface area contributed by atoms with Crippen molar-refractivity contribution in [3.8, 4) is 0 Å². The van der Waals surface area contributed by atoms with E-state index in [2.05, 4.69) is 16.7 Å². The van der Waals surface area contributed by atoms with Crippen molar-refractivity contribution in [2.24, 2.45) is 17.6 Å². The van der Waals surface area contributed by atoms with E-state index in [0.717, 1.165) is 31.2 Å². The SMILES string of the molecule is CCCN1CC2C3CCN(CC3)C2C1CC(N)C(=O)OC. The van der Waals surface area contributed by atoms with Gasteiger partial charge in [0.1, 0.15) is 6.04 Å². The van der Waals surface area contributed by atoms with Gasteiger partial charge in [0.15, 0.2) is 0 Å². The Hall–Kier alpha value is -0.650. The zero-order valence-corrected chi connectivity index (χ0v) is 13.3. The standard InChI is InChI=1S/C16H29N3O2/c1-3-6-19-10-12-11-4-7-18(8-5-11)15(12)14(19)9-13(17)16(20)21-2/h11-15H,3-10,17H2,1-2H3. The van der Waals surface area contributed by atoms with Crippen molar-refractivity contribution in [3.05, 3.63) is 0 Å². The van der Waals surface area contributed by atoms with Crippen molar-refractivity contribution >= 4 is 5.97 Å². The smallest absolute Gasteiger partial charge is 0.322 e. The Bertz CT molecular complexity index is 382. The Morgan fingerprint density at radius 1 is 1.38 bits per heavy atom. The molecule has 0 radical (unpaired) electrons. The number of fused-ring (bicyclic) bond motifs is 2. The fourth-order valence-corrected chi connectivity index (χ4v) is 4.94. The van der Waals surface area contributed by atoms with Crippen LogP contribution in [0.15, 0.2) is 0 Å². The van der Waals surface area contributed by atoms with E-state index >= 15 is 0 Å². The number of nitrogens with zero attached hydrogens (tertiary/aromatic N) is 2. The normalized spacial score (nSPS) is 40.0. The Morgan fingerprint density at radius 3 is 2.71 bits per heavy atom. The minimum Gasteiger partial charge on any atom is -0.468 e. The summed E-state index contributed by atoms with van der Waals surface area (Å²) in [5.74, 6) is 1.40. The van der Waals surface area contributed by atoms with Gasteiger partial charge in [-0.05, 0) is 57.2 Å². The predicted octanol–water partition coefficient (Wildman–Crippen LogP) is 0.681. The maximum atomic E-state index is 11.7. The van der Waals surface area contributed by atoms with Gasteiger partial charge in [0.25, 0.3) is 0 Å². The molecular weight excluding hydrogens is 266 g/mol. The highest BCUT2D eigenvalue weighted by atomic mass is 16.5. The number of hydrogen-bond acceptors (Lipinski definition) is 5. The van der Waals surface area contributed by atoms with Gasteiger partial charge >= 0.3 is 5.97 Å². The molecule has 21 heavy (non-hydrogen) atoms. The molecule has 4 aliphatic rings. The van der Waals surface area contributed by atoms with Crippen LogP contribution >= 0.6 is 0 Å². The molecule has 0 aliphatic carbocycles. The summed E-state index contributed by atoms with van der Waals surface area (Å²) >= 11 is 0. The van der Waals surface area contributed by atoms with Crippen molar-refractivity contribution < 1.29 is 9.53 Å². The Morgan fingerprint density at radius 2 is 2.10 bits per heavy atom. The second-order valence-corrected chi connectivity index (χ2v) is 6.96. The van der Waals surface area contributed by atoms with E-state index < -0.39 is 6.04 Å². The minimum atomic E-state index is -0.486. The monoisotopic (exact) mass is 295 g/mol. The van der Waals surface area contributed by atoms with Crippen molar-refractivity contribution in [1.29, 1.82) is 0 Å². The van der Waals surface area contributed by atoms with E-state index in [1.54, 1.807) is 0 Å². The topological polar surface area (TPSA) is 58.8 Å². The second kappa shape index (κ2) is 6.23. The van der Waals surface area contributed by atoms with E-state index in [9.17, 15) is 4.79 Å². The van der Waals surface area contributed by atoms with E-state index in [4.69, 9.17) is 10.5 Å². The van der Waals surface area contributed by atoms with Crippen LogP contribution < -0.4 is 5.73 Å². The molecule has 4 heterocycles. The van der Waals surface area contributed by atoms with Crippen LogP contribution in [0.5, 0.6) is 0 Å². The maximum absolute atomic E-state index is 11.7. The summed E-state index contributed by atoms with van der Waals surface area (Å²) in [6, 6.07) is 0.548. The number of carbonyl (C=O) groups is 1. The van der Waals surface area contributed by atoms with Crippen LogP contribution in [0.1, 0.15) is 32.6 Å². The molecule has 4 rings (SSSR count). The molecule has 5 nitrogen and oxygen atoms in total. The van der Waals surface area contributed by atoms with Gasteiger partial charge in [0.2, 0.25) is 0 Å². The molecule has 0 spiro atoms. The molecule has 0 aromatic heterocycles. The number of piperidine rings is 3. The number of methoxy groups -OCH3 is 1. The molecule has 0 aromatic rings. The van der Waals surface area contributed by atoms with Gasteiger partial charge in [0, 0.05) is 18.6 Å². The first-order valence-electron chi connectivity index (χ1n) is 8.47. The maximum Gasteiger partial charge on any atom is 0.322 e. The largest absolute Gasteiger partial charge is 0.468 e. The van der Waals surface area contributed by atoms with Crippen LogP contribution in [0.25, 0.3) is 0 Å². The fourth-order valence-electron chi connectivity index (χ4n) is 4.94. The Balaban J connectivity index is 1.76. The summed E-state index contributed by atoms with van der Waals surface area (Å²) in [6.45, 7) is 7.00. The van der Waals surface area contributed by atoms with Gasteiger partial charge in [0.05, 0.1) is 7.11 Å². The third-order valence-corrected chi connectivity index (χ3v) is 5.86. The van der Waals surface area contributed by atoms with E-state index in [0.29, 0.717) is 12.1 Å². The molecule has 2 bridgehead atoms. The van der Waals surface area contributed by atoms with Crippen LogP contribution in [0.3, 0.4) is 0 Å². The first-order valence-corrected chi connectivity index (χ1v) is 8.47. The van der Waals surface area contributed by atoms with Crippen molar-refractivity contribution in [1.82, 2.24) is 9.80 Å². The number of rotatable bonds is 5. The third-order valence-electron chi connectivity index (χ3n) is 5.86. The van der Waals surface area contributed by atoms with Crippen LogP contribution in [0.2, 0.25) is 0 Å². The molecule has 4 atom stereocenters. The van der Waals surface area contributed by atoms with Gasteiger partial charge in [-0.1, -0.05) is 6.92 Å². The number of carbonyl (C=O) groups excluding carboxylic acids is 1. The summed E-state index contributed by atoms with van der Waals surface area (Å²) < 4.78 is 4.82. The summed E-state index contributed by atoms with van der Waals surface area (Å²) in [5.41, 5.74) is 6.07. The quantitative estimate of drug-likeness (QED) is 0.756. The van der Waals surface area contributed by atoms with Crippen molar-refractivity contribution in [2.75, 3.05) is 33.3 Å². The molecule has 4 aliphatic heterocycles. The zero-order valence-electron chi connectivity index (χ0n) is 13.3. The highest BCUT2D eigenvalue weighted by Gasteiger charge is 2.52. The fraction of sp³-hybridized carbons (Fsp3) is 0.938. The first kappa shape index (κ1) is 15.3. The van der Waals surface area contributed by atoms with Crippen LogP contribution in [0, 0.1) is 11.8 Å². The average Bonchev–Trinajstić information content (AvgIpc) is 2.88. The predicted molar refractivity (Wildman–Crippen MR) is 81.8 cm³/mol. The van der Waals surface area contributed by atoms with Gasteiger partial charge in [-0.15, -0.1) is 0 Å². The summed E-state index contributed by atoms with van der Waals surface area (Å²) in [7, 11) is 1.43. The molecule has 4 fully saturated rings. The first-order chi connectivity index (χ1) is 10.2. The number of esters is 1. The molecule has 2 N–H and O–H groups in total. The Labute approximate surface area is 127 Å². The number of hydrogen-bond donors (Lipinski definition) is 1. The number of ether oxygens (including phenoxy) is 1. The van der Waals surface area contributed by atoms with Crippen molar-refractivity contribution in [2.45, 2.75) is 50.7 Å². The van der Waals surface area contributed by atoms with E-state index in [1.807, 2.05) is 0 Å². The van der Waals surface area contributed by atoms with E-state index in [1.165, 1.54) is 39.6 Å². The second-order valence-electron chi connectivity index (χ2n) is 6.96. The molecule has 5 heteroatoms. The number of nitrogens with two attached hydrogens (primary N) is 1. The summed E-state index contributed by atoms with van der Waals surface area (Å²) in [6.07, 6.45) is 4.61. The summed E-state index contributed by atoms with van der Waals surface area (Å²) in [5, 5.41) is 0. The molecule has 0 amide bonds. The highest BCUT2D eigenvalue weighted by molar-refractivity contribution is 5.75. The van der Waals surface area contributed by atoms with Crippen LogP contribution in [-0.4, -0.2) is 67.2 Å². The third kappa shape index (κ3) is 2.71. The van der Waals surface area contributed by atoms with Gasteiger partial charge in [-0.2, -0.15) is 0 Å². The molecule has 0 aromatic carbocycles. The molecule has 120 valence electrons. The lowest BCUT2D eigenvalue weighted by atomic mass is 9.73. The van der Waals surface area contributed by atoms with Gasteiger partial charge in [-0.3, -0.25) is 14.6 Å². The molecular formula is C16H29N3O2. The lowest BCUT2D eigenvalue weighted by Crippen LogP contribution is -2.58. The van der Waals surface area contributed by atoms with Crippen molar-refractivity contribution in [3.63, 3.8) is 0 Å². The Kier molecular flexibility index (Phi) is 4.52. The van der Waals surface area contributed by atoms with Crippen LogP contribution in [-0.2, 0) is 9.53 Å². The molecule has 4 saturated heterocycles. The van der Waals surface area contributed by atoms with Crippen LogP contribution in [0.4, 0.5) is 0 Å². The lowest BCUT2D eigenvalue weighted by molar-refractivity contribution is -0.142. The average molecular weight is 295 g/mol. The van der Waals surface area contributed by atoms with Gasteiger partial charge in [-0.25, -0.2) is 0 Å². The van der Waals surface area contributed by atoms with Gasteiger partial charge < -0.3 is 10.5 Å². The number of likely N-dealkylation sites (tertiary alicyclic amines) is 1. The zero-order chi connectivity index (χ0) is 15.0. The minimum absolute atomic E-state index is 0.272. The molecule has 4 unspecified atom stereocenters.